The average molecular weight is 353 g/mol. The smallest absolute Gasteiger partial charge is 0.251 e. The van der Waals surface area contributed by atoms with Gasteiger partial charge in [0.2, 0.25) is 10.0 Å². The van der Waals surface area contributed by atoms with Crippen LogP contribution in [0.1, 0.15) is 61.9 Å². The molecule has 1 fully saturated rings. The molecule has 1 amide bonds. The lowest BCUT2D eigenvalue weighted by Gasteiger charge is -2.23. The second-order valence-electron chi connectivity index (χ2n) is 7.03. The molecule has 1 aliphatic carbocycles. The van der Waals surface area contributed by atoms with E-state index in [1.165, 1.54) is 12.5 Å². The Hall–Kier alpha value is -1.40. The van der Waals surface area contributed by atoms with Gasteiger partial charge in [0.1, 0.15) is 0 Å². The molecule has 0 atom stereocenters. The van der Waals surface area contributed by atoms with Crippen LogP contribution in [0.3, 0.4) is 0 Å². The first-order valence-corrected chi connectivity index (χ1v) is 10.2. The topological polar surface area (TPSA) is 75.3 Å². The Labute approximate surface area is 145 Å². The number of amides is 1. The van der Waals surface area contributed by atoms with Gasteiger partial charge in [0.05, 0.1) is 4.90 Å². The Balaban J connectivity index is 2.16. The molecule has 0 heterocycles. The van der Waals surface area contributed by atoms with Crippen molar-refractivity contribution in [1.82, 2.24) is 10.0 Å². The first-order chi connectivity index (χ1) is 11.3. The summed E-state index contributed by atoms with van der Waals surface area (Å²) in [5.74, 6) is 0.0413. The van der Waals surface area contributed by atoms with Crippen molar-refractivity contribution in [2.45, 2.75) is 63.8 Å². The third-order valence-corrected chi connectivity index (χ3v) is 5.81. The van der Waals surface area contributed by atoms with Gasteiger partial charge in [-0.2, -0.15) is 0 Å². The minimum Gasteiger partial charge on any atom is -0.349 e. The lowest BCUT2D eigenvalue weighted by molar-refractivity contribution is 0.0927. The number of aryl methyl sites for hydroxylation is 1. The van der Waals surface area contributed by atoms with E-state index >= 15 is 0 Å². The Morgan fingerprint density at radius 1 is 1.21 bits per heavy atom. The summed E-state index contributed by atoms with van der Waals surface area (Å²) < 4.78 is 27.3. The first-order valence-electron chi connectivity index (χ1n) is 8.71. The molecule has 6 heteroatoms. The molecule has 0 bridgehead atoms. The molecule has 2 N–H and O–H groups in total. The maximum Gasteiger partial charge on any atom is 0.251 e. The maximum absolute atomic E-state index is 12.6. The van der Waals surface area contributed by atoms with E-state index in [-0.39, 0.29) is 22.8 Å². The van der Waals surface area contributed by atoms with Crippen LogP contribution in [0.25, 0.3) is 0 Å². The number of benzene rings is 1. The van der Waals surface area contributed by atoms with Gasteiger partial charge in [0, 0.05) is 18.2 Å². The van der Waals surface area contributed by atoms with E-state index in [0.29, 0.717) is 12.1 Å². The zero-order valence-corrected chi connectivity index (χ0v) is 15.6. The Kier molecular flexibility index (Phi) is 6.40. The van der Waals surface area contributed by atoms with Gasteiger partial charge in [-0.3, -0.25) is 4.79 Å². The fourth-order valence-corrected chi connectivity index (χ4v) is 4.12. The van der Waals surface area contributed by atoms with Gasteiger partial charge in [0.15, 0.2) is 0 Å². The van der Waals surface area contributed by atoms with E-state index in [0.717, 1.165) is 31.2 Å². The number of hydrogen-bond acceptors (Lipinski definition) is 3. The highest BCUT2D eigenvalue weighted by Crippen LogP contribution is 2.20. The fourth-order valence-electron chi connectivity index (χ4n) is 2.88. The van der Waals surface area contributed by atoms with Crippen LogP contribution in [0, 0.1) is 12.8 Å². The van der Waals surface area contributed by atoms with Crippen molar-refractivity contribution in [2.24, 2.45) is 5.92 Å². The lowest BCUT2D eigenvalue weighted by atomic mass is 9.95. The number of hydrogen-bond donors (Lipinski definition) is 2. The normalized spacial score (nSPS) is 16.3. The zero-order chi connectivity index (χ0) is 17.7. The predicted molar refractivity (Wildman–Crippen MR) is 95.5 cm³/mol. The summed E-state index contributed by atoms with van der Waals surface area (Å²) in [6.07, 6.45) is 5.49. The predicted octanol–water partition coefficient (Wildman–Crippen LogP) is 2.99. The summed E-state index contributed by atoms with van der Waals surface area (Å²) in [5, 5.41) is 3.05. The van der Waals surface area contributed by atoms with Gasteiger partial charge in [-0.05, 0) is 43.4 Å². The van der Waals surface area contributed by atoms with Gasteiger partial charge in [-0.25, -0.2) is 13.1 Å². The molecule has 5 nitrogen and oxygen atoms in total. The molecule has 24 heavy (non-hydrogen) atoms. The van der Waals surface area contributed by atoms with E-state index in [9.17, 15) is 13.2 Å². The summed E-state index contributed by atoms with van der Waals surface area (Å²) >= 11 is 0. The monoisotopic (exact) mass is 352 g/mol. The van der Waals surface area contributed by atoms with Crippen LogP contribution in [0.5, 0.6) is 0 Å². The molecule has 1 aromatic carbocycles. The van der Waals surface area contributed by atoms with E-state index < -0.39 is 10.0 Å². The second kappa shape index (κ2) is 8.12. The van der Waals surface area contributed by atoms with Crippen molar-refractivity contribution in [3.05, 3.63) is 29.3 Å². The van der Waals surface area contributed by atoms with Gasteiger partial charge >= 0.3 is 0 Å². The fraction of sp³-hybridized carbons (Fsp3) is 0.611. The minimum absolute atomic E-state index is 0.141. The molecule has 0 spiro atoms. The molecule has 0 aliphatic heterocycles. The molecule has 0 saturated heterocycles. The van der Waals surface area contributed by atoms with Gasteiger partial charge in [0.25, 0.3) is 5.91 Å². The van der Waals surface area contributed by atoms with Gasteiger partial charge < -0.3 is 5.32 Å². The van der Waals surface area contributed by atoms with Crippen molar-refractivity contribution in [3.8, 4) is 0 Å². The second-order valence-corrected chi connectivity index (χ2v) is 8.80. The molecule has 134 valence electrons. The largest absolute Gasteiger partial charge is 0.349 e. The summed E-state index contributed by atoms with van der Waals surface area (Å²) in [5.41, 5.74) is 1.22. The Bertz CT molecular complexity index is 678. The van der Waals surface area contributed by atoms with E-state index in [1.54, 1.807) is 12.1 Å². The number of carbonyl (C=O) groups is 1. The van der Waals surface area contributed by atoms with Crippen LogP contribution < -0.4 is 10.0 Å². The summed E-state index contributed by atoms with van der Waals surface area (Å²) in [7, 11) is -3.59. The van der Waals surface area contributed by atoms with Crippen molar-refractivity contribution in [3.63, 3.8) is 0 Å². The number of carbonyl (C=O) groups excluding carboxylic acids is 1. The van der Waals surface area contributed by atoms with Gasteiger partial charge in [-0.15, -0.1) is 0 Å². The first kappa shape index (κ1) is 18.9. The van der Waals surface area contributed by atoms with Crippen LogP contribution in [-0.2, 0) is 10.0 Å². The highest BCUT2D eigenvalue weighted by molar-refractivity contribution is 7.89. The quantitative estimate of drug-likeness (QED) is 0.826. The molecule has 1 aliphatic rings. The summed E-state index contributed by atoms with van der Waals surface area (Å²) in [6.45, 7) is 6.09. The van der Waals surface area contributed by atoms with Crippen LogP contribution >= 0.6 is 0 Å². The summed E-state index contributed by atoms with van der Waals surface area (Å²) in [4.78, 5) is 12.7. The van der Waals surface area contributed by atoms with E-state index in [4.69, 9.17) is 0 Å². The van der Waals surface area contributed by atoms with E-state index in [2.05, 4.69) is 10.0 Å². The van der Waals surface area contributed by atoms with Crippen LogP contribution in [0.4, 0.5) is 0 Å². The SMILES string of the molecule is Cc1ccc(S(=O)(=O)NCC(C)C)cc1C(=O)NC1CCCCC1. The molecule has 0 aromatic heterocycles. The van der Waals surface area contributed by atoms with Crippen LogP contribution in [-0.4, -0.2) is 26.9 Å². The van der Waals surface area contributed by atoms with Gasteiger partial charge in [-0.1, -0.05) is 39.2 Å². The maximum atomic E-state index is 12.6. The van der Waals surface area contributed by atoms with Crippen molar-refractivity contribution < 1.29 is 13.2 Å². The molecule has 0 radical (unpaired) electrons. The molecular weight excluding hydrogens is 324 g/mol. The number of rotatable bonds is 6. The lowest BCUT2D eigenvalue weighted by Crippen LogP contribution is -2.36. The molecular formula is C18H28N2O3S. The number of sulfonamides is 1. The number of nitrogens with one attached hydrogen (secondary N) is 2. The average Bonchev–Trinajstić information content (AvgIpc) is 2.54. The van der Waals surface area contributed by atoms with Crippen LogP contribution in [0.15, 0.2) is 23.1 Å². The highest BCUT2D eigenvalue weighted by Gasteiger charge is 2.21. The van der Waals surface area contributed by atoms with E-state index in [1.807, 2.05) is 20.8 Å². The summed E-state index contributed by atoms with van der Waals surface area (Å²) in [6, 6.07) is 4.93. The molecule has 2 rings (SSSR count). The molecule has 1 aromatic rings. The third-order valence-electron chi connectivity index (χ3n) is 4.39. The zero-order valence-electron chi connectivity index (χ0n) is 14.8. The standard InChI is InChI=1S/C18H28N2O3S/c1-13(2)12-19-24(22,23)16-10-9-14(3)17(11-16)18(21)20-15-7-5-4-6-8-15/h9-11,13,15,19H,4-8,12H2,1-3H3,(H,20,21). The Morgan fingerprint density at radius 3 is 2.50 bits per heavy atom. The Morgan fingerprint density at radius 2 is 1.88 bits per heavy atom. The molecule has 0 unspecified atom stereocenters. The van der Waals surface area contributed by atoms with Crippen molar-refractivity contribution >= 4 is 15.9 Å². The highest BCUT2D eigenvalue weighted by atomic mass is 32.2. The van der Waals surface area contributed by atoms with Crippen molar-refractivity contribution in [2.75, 3.05) is 6.54 Å². The minimum atomic E-state index is -3.59. The van der Waals surface area contributed by atoms with Crippen LogP contribution in [0.2, 0.25) is 0 Å². The third kappa shape index (κ3) is 5.05. The van der Waals surface area contributed by atoms with Crippen molar-refractivity contribution in [1.29, 1.82) is 0 Å². The molecule has 1 saturated carbocycles.